The predicted molar refractivity (Wildman–Crippen MR) is 86.5 cm³/mol. The van der Waals surface area contributed by atoms with Gasteiger partial charge in [-0.25, -0.2) is 4.79 Å². The molecule has 1 aromatic heterocycles. The van der Waals surface area contributed by atoms with Gasteiger partial charge in [0.05, 0.1) is 5.69 Å². The molecule has 3 N–H and O–H groups in total. The summed E-state index contributed by atoms with van der Waals surface area (Å²) in [6.45, 7) is 0. The number of carbonyl (C=O) groups excluding carboxylic acids is 1. The second kappa shape index (κ2) is 6.05. The number of para-hydroxylation sites is 2. The van der Waals surface area contributed by atoms with E-state index in [1.165, 1.54) is 6.07 Å². The van der Waals surface area contributed by atoms with E-state index in [9.17, 15) is 9.90 Å². The van der Waals surface area contributed by atoms with Crippen LogP contribution in [0.4, 0.5) is 16.2 Å². The van der Waals surface area contributed by atoms with Crippen LogP contribution in [-0.2, 0) is 0 Å². The van der Waals surface area contributed by atoms with Crippen molar-refractivity contribution in [3.8, 4) is 11.4 Å². The third-order valence-electron chi connectivity index (χ3n) is 3.18. The maximum Gasteiger partial charge on any atom is 0.323 e. The summed E-state index contributed by atoms with van der Waals surface area (Å²) in [7, 11) is 0. The highest BCUT2D eigenvalue weighted by Crippen LogP contribution is 2.21. The summed E-state index contributed by atoms with van der Waals surface area (Å²) in [4.78, 5) is 11.9. The fourth-order valence-electron chi connectivity index (χ4n) is 2.09. The lowest BCUT2D eigenvalue weighted by Gasteiger charge is -2.09. The van der Waals surface area contributed by atoms with Crippen LogP contribution in [-0.4, -0.2) is 15.7 Å². The van der Waals surface area contributed by atoms with Crippen LogP contribution in [0.25, 0.3) is 5.69 Å². The summed E-state index contributed by atoms with van der Waals surface area (Å²) >= 11 is 0. The molecule has 0 radical (unpaired) electrons. The molecule has 3 aromatic rings. The number of phenolic OH excluding ortho intramolecular Hbond substituents is 1. The van der Waals surface area contributed by atoms with E-state index < -0.39 is 6.03 Å². The van der Waals surface area contributed by atoms with Crippen molar-refractivity contribution in [2.45, 2.75) is 0 Å². The van der Waals surface area contributed by atoms with E-state index >= 15 is 0 Å². The summed E-state index contributed by atoms with van der Waals surface area (Å²) in [5.41, 5.74) is 2.05. The molecule has 0 bridgehead atoms. The molecule has 0 aliphatic heterocycles. The Morgan fingerprint density at radius 1 is 0.864 bits per heavy atom. The Kier molecular flexibility index (Phi) is 3.78. The SMILES string of the molecule is O=C(Nc1ccc(-n2cccc2)cc1)Nc1ccccc1O. The van der Waals surface area contributed by atoms with Crippen molar-refractivity contribution in [3.63, 3.8) is 0 Å². The molecule has 110 valence electrons. The zero-order valence-corrected chi connectivity index (χ0v) is 11.7. The average molecular weight is 293 g/mol. The molecule has 0 saturated heterocycles. The summed E-state index contributed by atoms with van der Waals surface area (Å²) in [5.74, 6) is 0.0283. The van der Waals surface area contributed by atoms with Gasteiger partial charge in [-0.15, -0.1) is 0 Å². The maximum absolute atomic E-state index is 11.9. The van der Waals surface area contributed by atoms with Gasteiger partial charge in [0.15, 0.2) is 0 Å². The molecule has 5 heteroatoms. The van der Waals surface area contributed by atoms with Crippen LogP contribution in [0.1, 0.15) is 0 Å². The topological polar surface area (TPSA) is 66.3 Å². The van der Waals surface area contributed by atoms with Crippen molar-refractivity contribution < 1.29 is 9.90 Å². The van der Waals surface area contributed by atoms with Gasteiger partial charge >= 0.3 is 6.03 Å². The lowest BCUT2D eigenvalue weighted by atomic mass is 10.2. The molecule has 3 rings (SSSR count). The number of aromatic hydroxyl groups is 1. The van der Waals surface area contributed by atoms with E-state index in [2.05, 4.69) is 10.6 Å². The van der Waals surface area contributed by atoms with E-state index in [1.54, 1.807) is 18.2 Å². The number of aromatic nitrogens is 1. The van der Waals surface area contributed by atoms with Crippen molar-refractivity contribution in [3.05, 3.63) is 73.1 Å². The van der Waals surface area contributed by atoms with Crippen molar-refractivity contribution in [2.75, 3.05) is 10.6 Å². The van der Waals surface area contributed by atoms with Gasteiger partial charge in [0.25, 0.3) is 0 Å². The molecule has 2 aromatic carbocycles. The van der Waals surface area contributed by atoms with Crippen LogP contribution in [0.3, 0.4) is 0 Å². The largest absolute Gasteiger partial charge is 0.506 e. The number of nitrogens with zero attached hydrogens (tertiary/aromatic N) is 1. The maximum atomic E-state index is 11.9. The first kappa shape index (κ1) is 13.8. The molecular formula is C17H15N3O2. The average Bonchev–Trinajstić information content (AvgIpc) is 3.05. The molecule has 1 heterocycles. The third kappa shape index (κ3) is 3.09. The number of hydrogen-bond donors (Lipinski definition) is 3. The highest BCUT2D eigenvalue weighted by Gasteiger charge is 2.05. The molecule has 0 aliphatic carbocycles. The van der Waals surface area contributed by atoms with Gasteiger partial charge in [0.1, 0.15) is 5.75 Å². The number of amides is 2. The van der Waals surface area contributed by atoms with E-state index in [0.29, 0.717) is 11.4 Å². The Balaban J connectivity index is 1.66. The molecule has 0 spiro atoms. The molecule has 5 nitrogen and oxygen atoms in total. The summed E-state index contributed by atoms with van der Waals surface area (Å²) in [6.07, 6.45) is 3.90. The Morgan fingerprint density at radius 3 is 2.23 bits per heavy atom. The highest BCUT2D eigenvalue weighted by atomic mass is 16.3. The van der Waals surface area contributed by atoms with Gasteiger partial charge in [0.2, 0.25) is 0 Å². The van der Waals surface area contributed by atoms with Gasteiger partial charge in [-0.2, -0.15) is 0 Å². The Bertz CT molecular complexity index is 765. The first-order valence-corrected chi connectivity index (χ1v) is 6.82. The lowest BCUT2D eigenvalue weighted by molar-refractivity contribution is 0.262. The van der Waals surface area contributed by atoms with Crippen LogP contribution in [0.15, 0.2) is 73.1 Å². The van der Waals surface area contributed by atoms with Gasteiger partial charge in [-0.3, -0.25) is 0 Å². The van der Waals surface area contributed by atoms with Crippen LogP contribution in [0.5, 0.6) is 5.75 Å². The second-order valence-corrected chi connectivity index (χ2v) is 4.73. The van der Waals surface area contributed by atoms with E-state index in [1.807, 2.05) is 53.4 Å². The van der Waals surface area contributed by atoms with Crippen molar-refractivity contribution >= 4 is 17.4 Å². The summed E-state index contributed by atoms with van der Waals surface area (Å²) in [6, 6.07) is 17.5. The highest BCUT2D eigenvalue weighted by molar-refractivity contribution is 6.00. The third-order valence-corrected chi connectivity index (χ3v) is 3.18. The van der Waals surface area contributed by atoms with Gasteiger partial charge in [0, 0.05) is 23.8 Å². The Morgan fingerprint density at radius 2 is 1.55 bits per heavy atom. The number of nitrogens with one attached hydrogen (secondary N) is 2. The number of anilines is 2. The summed E-state index contributed by atoms with van der Waals surface area (Å²) < 4.78 is 1.98. The molecule has 2 amide bonds. The minimum atomic E-state index is -0.407. The predicted octanol–water partition coefficient (Wildman–Crippen LogP) is 3.83. The minimum Gasteiger partial charge on any atom is -0.506 e. The standard InChI is InChI=1S/C17H15N3O2/c21-16-6-2-1-5-15(16)19-17(22)18-13-7-9-14(10-8-13)20-11-3-4-12-20/h1-12,21H,(H2,18,19,22). The second-order valence-electron chi connectivity index (χ2n) is 4.73. The van der Waals surface area contributed by atoms with Crippen LogP contribution >= 0.6 is 0 Å². The van der Waals surface area contributed by atoms with E-state index in [-0.39, 0.29) is 5.75 Å². The molecule has 22 heavy (non-hydrogen) atoms. The van der Waals surface area contributed by atoms with Gasteiger partial charge in [-0.05, 0) is 48.5 Å². The number of rotatable bonds is 3. The molecule has 0 saturated carbocycles. The fraction of sp³-hybridized carbons (Fsp3) is 0. The molecular weight excluding hydrogens is 278 g/mol. The van der Waals surface area contributed by atoms with E-state index in [4.69, 9.17) is 0 Å². The first-order chi connectivity index (χ1) is 10.7. The number of benzene rings is 2. The van der Waals surface area contributed by atoms with E-state index in [0.717, 1.165) is 5.69 Å². The quantitative estimate of drug-likeness (QED) is 0.642. The lowest BCUT2D eigenvalue weighted by Crippen LogP contribution is -2.19. The normalized spacial score (nSPS) is 10.2. The Labute approximate surface area is 127 Å². The molecule has 0 aliphatic rings. The van der Waals surface area contributed by atoms with Crippen LogP contribution < -0.4 is 10.6 Å². The first-order valence-electron chi connectivity index (χ1n) is 6.82. The smallest absolute Gasteiger partial charge is 0.323 e. The molecule has 0 fully saturated rings. The Hall–Kier alpha value is -3.21. The van der Waals surface area contributed by atoms with Crippen LogP contribution in [0, 0.1) is 0 Å². The van der Waals surface area contributed by atoms with Crippen molar-refractivity contribution in [1.82, 2.24) is 4.57 Å². The molecule has 0 atom stereocenters. The monoisotopic (exact) mass is 293 g/mol. The van der Waals surface area contributed by atoms with Crippen LogP contribution in [0.2, 0.25) is 0 Å². The number of urea groups is 1. The summed E-state index contributed by atoms with van der Waals surface area (Å²) in [5, 5.41) is 14.9. The minimum absolute atomic E-state index is 0.0283. The van der Waals surface area contributed by atoms with Crippen molar-refractivity contribution in [2.24, 2.45) is 0 Å². The van der Waals surface area contributed by atoms with Gasteiger partial charge in [-0.1, -0.05) is 12.1 Å². The number of phenols is 1. The van der Waals surface area contributed by atoms with Crippen molar-refractivity contribution in [1.29, 1.82) is 0 Å². The van der Waals surface area contributed by atoms with Gasteiger partial charge < -0.3 is 20.3 Å². The number of carbonyl (C=O) groups is 1. The molecule has 0 unspecified atom stereocenters. The zero-order valence-electron chi connectivity index (χ0n) is 11.7. The fourth-order valence-corrected chi connectivity index (χ4v) is 2.09. The zero-order chi connectivity index (χ0) is 15.4. The number of hydrogen-bond acceptors (Lipinski definition) is 2.